The lowest BCUT2D eigenvalue weighted by Gasteiger charge is -2.22. The molecule has 5 heteroatoms. The summed E-state index contributed by atoms with van der Waals surface area (Å²) in [6, 6.07) is 21.1. The highest BCUT2D eigenvalue weighted by Gasteiger charge is 2.18. The van der Waals surface area contributed by atoms with E-state index in [0.717, 1.165) is 22.6 Å². The largest absolute Gasteiger partial charge is 0.465 e. The van der Waals surface area contributed by atoms with Crippen LogP contribution in [0, 0.1) is 6.92 Å². The van der Waals surface area contributed by atoms with Crippen molar-refractivity contribution in [3.63, 3.8) is 0 Å². The second-order valence-corrected chi connectivity index (χ2v) is 7.08. The van der Waals surface area contributed by atoms with Gasteiger partial charge in [-0.15, -0.1) is 0 Å². The van der Waals surface area contributed by atoms with E-state index in [0.29, 0.717) is 11.6 Å². The molecule has 4 nitrogen and oxygen atoms in total. The molecule has 0 aliphatic rings. The first-order valence-electron chi connectivity index (χ1n) is 8.85. The Kier molecular flexibility index (Phi) is 6.32. The molecule has 0 bridgehead atoms. The number of nitrogens with one attached hydrogen (secondary N) is 1. The zero-order chi connectivity index (χ0) is 19.2. The van der Waals surface area contributed by atoms with Crippen LogP contribution in [0.2, 0.25) is 5.02 Å². The van der Waals surface area contributed by atoms with Gasteiger partial charge in [-0.05, 0) is 49.4 Å². The average Bonchev–Trinajstić information content (AvgIpc) is 3.06. The molecule has 1 atom stereocenters. The fourth-order valence-corrected chi connectivity index (χ4v) is 3.13. The molecule has 0 spiro atoms. The third-order valence-electron chi connectivity index (χ3n) is 4.28. The van der Waals surface area contributed by atoms with Crippen LogP contribution in [-0.2, 0) is 11.3 Å². The van der Waals surface area contributed by atoms with Crippen molar-refractivity contribution >= 4 is 17.5 Å². The Morgan fingerprint density at radius 1 is 1.04 bits per heavy atom. The average molecular weight is 383 g/mol. The van der Waals surface area contributed by atoms with Gasteiger partial charge in [0.2, 0.25) is 5.91 Å². The highest BCUT2D eigenvalue weighted by Crippen LogP contribution is 2.23. The van der Waals surface area contributed by atoms with Crippen molar-refractivity contribution in [2.45, 2.75) is 19.5 Å². The number of rotatable bonds is 7. The van der Waals surface area contributed by atoms with Crippen LogP contribution in [0.4, 0.5) is 0 Å². The molecule has 0 aliphatic carbocycles. The predicted octanol–water partition coefficient (Wildman–Crippen LogP) is 4.58. The summed E-state index contributed by atoms with van der Waals surface area (Å²) in [4.78, 5) is 14.6. The number of carbonyl (C=O) groups excluding carboxylic acids is 1. The predicted molar refractivity (Wildman–Crippen MR) is 108 cm³/mol. The first-order chi connectivity index (χ1) is 13.0. The maximum absolute atomic E-state index is 12.7. The van der Waals surface area contributed by atoms with Crippen LogP contribution in [0.3, 0.4) is 0 Å². The summed E-state index contributed by atoms with van der Waals surface area (Å²) < 4.78 is 5.58. The van der Waals surface area contributed by atoms with Crippen LogP contribution in [0.5, 0.6) is 0 Å². The van der Waals surface area contributed by atoms with E-state index in [1.165, 1.54) is 0 Å². The first kappa shape index (κ1) is 19.2. The summed E-state index contributed by atoms with van der Waals surface area (Å²) in [5.74, 6) is 1.67. The summed E-state index contributed by atoms with van der Waals surface area (Å²) in [5.41, 5.74) is 2.01. The fraction of sp³-hybridized carbons (Fsp3) is 0.227. The van der Waals surface area contributed by atoms with Crippen molar-refractivity contribution in [3.8, 4) is 0 Å². The van der Waals surface area contributed by atoms with Crippen LogP contribution >= 0.6 is 11.6 Å². The van der Waals surface area contributed by atoms with E-state index in [1.807, 2.05) is 85.6 Å². The third kappa shape index (κ3) is 5.46. The smallest absolute Gasteiger partial charge is 0.234 e. The summed E-state index contributed by atoms with van der Waals surface area (Å²) >= 11 is 6.01. The van der Waals surface area contributed by atoms with E-state index >= 15 is 0 Å². The Hall–Kier alpha value is -2.56. The van der Waals surface area contributed by atoms with Gasteiger partial charge in [-0.2, -0.15) is 0 Å². The Balaban J connectivity index is 1.69. The molecule has 1 unspecified atom stereocenters. The molecule has 0 saturated carbocycles. The SMILES string of the molecule is Cc1ccc(CN(C)CC(=O)NC(c2ccccc2)c2ccc(Cl)cc2)o1. The van der Waals surface area contributed by atoms with Crippen LogP contribution < -0.4 is 5.32 Å². The summed E-state index contributed by atoms with van der Waals surface area (Å²) in [6.07, 6.45) is 0. The van der Waals surface area contributed by atoms with Gasteiger partial charge < -0.3 is 9.73 Å². The zero-order valence-corrected chi connectivity index (χ0v) is 16.2. The van der Waals surface area contributed by atoms with Gasteiger partial charge in [0.1, 0.15) is 11.5 Å². The number of furan rings is 1. The second-order valence-electron chi connectivity index (χ2n) is 6.65. The van der Waals surface area contributed by atoms with E-state index in [-0.39, 0.29) is 18.5 Å². The van der Waals surface area contributed by atoms with E-state index in [9.17, 15) is 4.79 Å². The van der Waals surface area contributed by atoms with Crippen LogP contribution in [-0.4, -0.2) is 24.4 Å². The van der Waals surface area contributed by atoms with Crippen molar-refractivity contribution in [2.75, 3.05) is 13.6 Å². The van der Waals surface area contributed by atoms with Crippen molar-refractivity contribution in [3.05, 3.63) is 94.4 Å². The zero-order valence-electron chi connectivity index (χ0n) is 15.5. The third-order valence-corrected chi connectivity index (χ3v) is 4.53. The molecule has 0 saturated heterocycles. The van der Waals surface area contributed by atoms with Gasteiger partial charge in [0.25, 0.3) is 0 Å². The van der Waals surface area contributed by atoms with Gasteiger partial charge in [0.15, 0.2) is 0 Å². The molecule has 3 rings (SSSR count). The number of halogens is 1. The number of likely N-dealkylation sites (N-methyl/N-ethyl adjacent to an activating group) is 1. The topological polar surface area (TPSA) is 45.5 Å². The van der Waals surface area contributed by atoms with E-state index in [2.05, 4.69) is 5.32 Å². The van der Waals surface area contributed by atoms with E-state index in [1.54, 1.807) is 0 Å². The Bertz CT molecular complexity index is 875. The second kappa shape index (κ2) is 8.89. The number of hydrogen-bond acceptors (Lipinski definition) is 3. The maximum Gasteiger partial charge on any atom is 0.234 e. The molecule has 1 N–H and O–H groups in total. The Labute approximate surface area is 164 Å². The molecule has 1 heterocycles. The number of aryl methyl sites for hydroxylation is 1. The fourth-order valence-electron chi connectivity index (χ4n) is 3.00. The van der Waals surface area contributed by atoms with Crippen LogP contribution in [0.1, 0.15) is 28.7 Å². The van der Waals surface area contributed by atoms with Gasteiger partial charge in [-0.3, -0.25) is 9.69 Å². The first-order valence-corrected chi connectivity index (χ1v) is 9.22. The summed E-state index contributed by atoms with van der Waals surface area (Å²) in [6.45, 7) is 2.77. The minimum absolute atomic E-state index is 0.0513. The van der Waals surface area contributed by atoms with Crippen LogP contribution in [0.15, 0.2) is 71.1 Å². The molecular weight excluding hydrogens is 360 g/mol. The normalized spacial score (nSPS) is 12.1. The van der Waals surface area contributed by atoms with Crippen molar-refractivity contribution in [1.82, 2.24) is 10.2 Å². The molecule has 1 amide bonds. The molecule has 27 heavy (non-hydrogen) atoms. The van der Waals surface area contributed by atoms with Gasteiger partial charge in [0.05, 0.1) is 19.1 Å². The number of hydrogen-bond donors (Lipinski definition) is 1. The van der Waals surface area contributed by atoms with Crippen molar-refractivity contribution < 1.29 is 9.21 Å². The number of carbonyl (C=O) groups is 1. The van der Waals surface area contributed by atoms with E-state index < -0.39 is 0 Å². The molecule has 0 aliphatic heterocycles. The molecular formula is C22H23ClN2O2. The molecule has 140 valence electrons. The lowest BCUT2D eigenvalue weighted by molar-refractivity contribution is -0.122. The monoisotopic (exact) mass is 382 g/mol. The van der Waals surface area contributed by atoms with Gasteiger partial charge >= 0.3 is 0 Å². The summed E-state index contributed by atoms with van der Waals surface area (Å²) in [7, 11) is 1.90. The van der Waals surface area contributed by atoms with Gasteiger partial charge in [-0.1, -0.05) is 54.1 Å². The quantitative estimate of drug-likeness (QED) is 0.650. The lowest BCUT2D eigenvalue weighted by atomic mass is 9.98. The standard InChI is InChI=1S/C22H23ClN2O2/c1-16-8-13-20(27-16)14-25(2)15-21(26)24-22(17-6-4-3-5-7-17)18-9-11-19(23)12-10-18/h3-13,22H,14-15H2,1-2H3,(H,24,26). The molecule has 0 radical (unpaired) electrons. The molecule has 2 aromatic carbocycles. The molecule has 0 fully saturated rings. The van der Waals surface area contributed by atoms with Gasteiger partial charge in [0, 0.05) is 5.02 Å². The maximum atomic E-state index is 12.7. The summed E-state index contributed by atoms with van der Waals surface area (Å²) in [5, 5.41) is 3.81. The lowest BCUT2D eigenvalue weighted by Crippen LogP contribution is -2.37. The Morgan fingerprint density at radius 2 is 1.70 bits per heavy atom. The Morgan fingerprint density at radius 3 is 2.33 bits per heavy atom. The van der Waals surface area contributed by atoms with Crippen LogP contribution in [0.25, 0.3) is 0 Å². The number of amides is 1. The minimum atomic E-state index is -0.227. The number of nitrogens with zero attached hydrogens (tertiary/aromatic N) is 1. The molecule has 3 aromatic rings. The highest BCUT2D eigenvalue weighted by molar-refractivity contribution is 6.30. The van der Waals surface area contributed by atoms with E-state index in [4.69, 9.17) is 16.0 Å². The highest BCUT2D eigenvalue weighted by atomic mass is 35.5. The molecule has 1 aromatic heterocycles. The van der Waals surface area contributed by atoms with Gasteiger partial charge in [-0.25, -0.2) is 0 Å². The number of benzene rings is 2. The van der Waals surface area contributed by atoms with Crippen molar-refractivity contribution in [1.29, 1.82) is 0 Å². The minimum Gasteiger partial charge on any atom is -0.465 e. The van der Waals surface area contributed by atoms with Crippen molar-refractivity contribution in [2.24, 2.45) is 0 Å².